The molecule has 0 spiro atoms. The van der Waals surface area contributed by atoms with Crippen LogP contribution >= 0.6 is 0 Å². The van der Waals surface area contributed by atoms with Crippen LogP contribution in [0.15, 0.2) is 59.5 Å². The lowest BCUT2D eigenvalue weighted by Gasteiger charge is -2.33. The number of hydrogen-bond donors (Lipinski definition) is 2. The predicted octanol–water partition coefficient (Wildman–Crippen LogP) is 3.17. The number of rotatable bonds is 6. The lowest BCUT2D eigenvalue weighted by molar-refractivity contribution is -0.125. The summed E-state index contributed by atoms with van der Waals surface area (Å²) in [6, 6.07) is 14.7. The van der Waals surface area contributed by atoms with Crippen molar-refractivity contribution in [3.8, 4) is 0 Å². The highest BCUT2D eigenvalue weighted by atomic mass is 32.2. The molecule has 0 bridgehead atoms. The van der Waals surface area contributed by atoms with Crippen molar-refractivity contribution in [3.05, 3.63) is 60.2 Å². The standard InChI is InChI=1S/C24H30N4O4S/c29-23(22-13-4-5-16-28(22)33(31,32)21-11-2-1-3-12-21)25-18-19-9-8-10-20(17-19)26-24(30)27-14-6-7-15-27/h1-3,8-12,17,22H,4-7,13-16,18H2,(H,25,29)(H,26,30). The van der Waals surface area contributed by atoms with Crippen LogP contribution in [0.5, 0.6) is 0 Å². The zero-order chi connectivity index (χ0) is 23.3. The number of urea groups is 1. The smallest absolute Gasteiger partial charge is 0.321 e. The number of amides is 3. The molecule has 33 heavy (non-hydrogen) atoms. The highest BCUT2D eigenvalue weighted by molar-refractivity contribution is 7.89. The number of piperidine rings is 1. The van der Waals surface area contributed by atoms with Crippen LogP contribution in [0.4, 0.5) is 10.5 Å². The number of nitrogens with zero attached hydrogens (tertiary/aromatic N) is 2. The van der Waals surface area contributed by atoms with Crippen molar-refractivity contribution >= 4 is 27.6 Å². The number of nitrogens with one attached hydrogen (secondary N) is 2. The van der Waals surface area contributed by atoms with Crippen molar-refractivity contribution in [2.75, 3.05) is 25.0 Å². The zero-order valence-electron chi connectivity index (χ0n) is 18.6. The summed E-state index contributed by atoms with van der Waals surface area (Å²) in [5.41, 5.74) is 1.50. The average molecular weight is 471 g/mol. The molecule has 0 saturated carbocycles. The van der Waals surface area contributed by atoms with E-state index in [1.165, 1.54) is 4.31 Å². The van der Waals surface area contributed by atoms with E-state index in [1.54, 1.807) is 35.2 Å². The monoisotopic (exact) mass is 470 g/mol. The first-order valence-electron chi connectivity index (χ1n) is 11.4. The van der Waals surface area contributed by atoms with Crippen molar-refractivity contribution in [2.45, 2.75) is 49.6 Å². The summed E-state index contributed by atoms with van der Waals surface area (Å²) in [6.07, 6.45) is 4.07. The molecule has 2 aromatic rings. The van der Waals surface area contributed by atoms with E-state index in [-0.39, 0.29) is 23.4 Å². The van der Waals surface area contributed by atoms with Gasteiger partial charge in [0.1, 0.15) is 6.04 Å². The van der Waals surface area contributed by atoms with Gasteiger partial charge in [-0.2, -0.15) is 4.31 Å². The van der Waals surface area contributed by atoms with Gasteiger partial charge in [-0.1, -0.05) is 36.8 Å². The highest BCUT2D eigenvalue weighted by Gasteiger charge is 2.37. The van der Waals surface area contributed by atoms with Crippen LogP contribution < -0.4 is 10.6 Å². The van der Waals surface area contributed by atoms with Crippen LogP contribution in [0.1, 0.15) is 37.7 Å². The topological polar surface area (TPSA) is 98.8 Å². The molecule has 2 saturated heterocycles. The molecule has 2 aromatic carbocycles. The van der Waals surface area contributed by atoms with Crippen LogP contribution in [0, 0.1) is 0 Å². The summed E-state index contributed by atoms with van der Waals surface area (Å²) in [6.45, 7) is 2.12. The third kappa shape index (κ3) is 5.54. The van der Waals surface area contributed by atoms with Gasteiger partial charge in [0.05, 0.1) is 4.90 Å². The maximum atomic E-state index is 13.1. The Morgan fingerprint density at radius 1 is 0.909 bits per heavy atom. The Morgan fingerprint density at radius 3 is 2.39 bits per heavy atom. The number of hydrogen-bond acceptors (Lipinski definition) is 4. The third-order valence-corrected chi connectivity index (χ3v) is 8.07. The lowest BCUT2D eigenvalue weighted by atomic mass is 10.0. The summed E-state index contributed by atoms with van der Waals surface area (Å²) in [5.74, 6) is -0.305. The summed E-state index contributed by atoms with van der Waals surface area (Å²) in [5, 5.41) is 5.80. The summed E-state index contributed by atoms with van der Waals surface area (Å²) in [4.78, 5) is 27.3. The summed E-state index contributed by atoms with van der Waals surface area (Å²) >= 11 is 0. The second-order valence-electron chi connectivity index (χ2n) is 8.48. The molecule has 8 nitrogen and oxygen atoms in total. The number of benzene rings is 2. The first-order valence-corrected chi connectivity index (χ1v) is 12.9. The Kier molecular flexibility index (Phi) is 7.29. The Balaban J connectivity index is 1.40. The zero-order valence-corrected chi connectivity index (χ0v) is 19.4. The molecule has 2 aliphatic heterocycles. The quantitative estimate of drug-likeness (QED) is 0.677. The molecule has 3 amide bonds. The van der Waals surface area contributed by atoms with Crippen LogP contribution in [0.2, 0.25) is 0 Å². The van der Waals surface area contributed by atoms with Gasteiger partial charge >= 0.3 is 6.03 Å². The number of anilines is 1. The number of sulfonamides is 1. The van der Waals surface area contributed by atoms with E-state index < -0.39 is 16.1 Å². The van der Waals surface area contributed by atoms with Crippen LogP contribution in [-0.2, 0) is 21.4 Å². The van der Waals surface area contributed by atoms with E-state index in [9.17, 15) is 18.0 Å². The van der Waals surface area contributed by atoms with E-state index in [1.807, 2.05) is 24.3 Å². The number of carbonyl (C=O) groups excluding carboxylic acids is 2. The minimum absolute atomic E-state index is 0.113. The largest absolute Gasteiger partial charge is 0.351 e. The second-order valence-corrected chi connectivity index (χ2v) is 10.4. The Bertz CT molecular complexity index is 1080. The van der Waals surface area contributed by atoms with E-state index in [0.717, 1.165) is 44.3 Å². The summed E-state index contributed by atoms with van der Waals surface area (Å²) < 4.78 is 27.6. The molecule has 1 unspecified atom stereocenters. The average Bonchev–Trinajstić information content (AvgIpc) is 3.39. The van der Waals surface area contributed by atoms with E-state index >= 15 is 0 Å². The van der Waals surface area contributed by atoms with Crippen molar-refractivity contribution in [3.63, 3.8) is 0 Å². The predicted molar refractivity (Wildman–Crippen MR) is 126 cm³/mol. The van der Waals surface area contributed by atoms with Gasteiger partial charge < -0.3 is 15.5 Å². The fraction of sp³-hybridized carbons (Fsp3) is 0.417. The first kappa shape index (κ1) is 23.3. The molecule has 4 rings (SSSR count). The van der Waals surface area contributed by atoms with Gasteiger partial charge in [0.15, 0.2) is 0 Å². The van der Waals surface area contributed by atoms with Crippen molar-refractivity contribution in [1.29, 1.82) is 0 Å². The Morgan fingerprint density at radius 2 is 1.64 bits per heavy atom. The molecule has 2 heterocycles. The molecule has 176 valence electrons. The molecule has 2 aliphatic rings. The van der Waals surface area contributed by atoms with Gasteiger partial charge in [-0.3, -0.25) is 4.79 Å². The highest BCUT2D eigenvalue weighted by Crippen LogP contribution is 2.25. The molecule has 1 atom stereocenters. The summed E-state index contributed by atoms with van der Waals surface area (Å²) in [7, 11) is -3.75. The fourth-order valence-corrected chi connectivity index (χ4v) is 6.05. The van der Waals surface area contributed by atoms with Crippen LogP contribution in [-0.4, -0.2) is 55.2 Å². The van der Waals surface area contributed by atoms with Gasteiger partial charge in [-0.25, -0.2) is 13.2 Å². The number of carbonyl (C=O) groups is 2. The molecule has 0 radical (unpaired) electrons. The normalized spacial score (nSPS) is 19.3. The molecule has 2 fully saturated rings. The SMILES string of the molecule is O=C(NCc1cccc(NC(=O)N2CCCC2)c1)C1CCCCN1S(=O)(=O)c1ccccc1. The van der Waals surface area contributed by atoms with Crippen molar-refractivity contribution in [1.82, 2.24) is 14.5 Å². The number of likely N-dealkylation sites (tertiary alicyclic amines) is 1. The minimum atomic E-state index is -3.75. The van der Waals surface area contributed by atoms with Crippen LogP contribution in [0.25, 0.3) is 0 Å². The first-order chi connectivity index (χ1) is 15.9. The molecule has 9 heteroatoms. The van der Waals surface area contributed by atoms with E-state index in [2.05, 4.69) is 10.6 Å². The Labute approximate surface area is 195 Å². The molecule has 0 aromatic heterocycles. The van der Waals surface area contributed by atoms with Gasteiger partial charge in [0.2, 0.25) is 15.9 Å². The van der Waals surface area contributed by atoms with Gasteiger partial charge in [0.25, 0.3) is 0 Å². The maximum Gasteiger partial charge on any atom is 0.321 e. The fourth-order valence-electron chi connectivity index (χ4n) is 4.37. The van der Waals surface area contributed by atoms with Gasteiger partial charge in [-0.05, 0) is 55.5 Å². The molecular weight excluding hydrogens is 440 g/mol. The molecule has 0 aliphatic carbocycles. The van der Waals surface area contributed by atoms with Gasteiger partial charge in [-0.15, -0.1) is 0 Å². The van der Waals surface area contributed by atoms with Crippen LogP contribution in [0.3, 0.4) is 0 Å². The maximum absolute atomic E-state index is 13.1. The third-order valence-electron chi connectivity index (χ3n) is 6.14. The van der Waals surface area contributed by atoms with E-state index in [4.69, 9.17) is 0 Å². The lowest BCUT2D eigenvalue weighted by Crippen LogP contribution is -2.51. The van der Waals surface area contributed by atoms with E-state index in [0.29, 0.717) is 18.7 Å². The van der Waals surface area contributed by atoms with Crippen molar-refractivity contribution < 1.29 is 18.0 Å². The van der Waals surface area contributed by atoms with Gasteiger partial charge in [0, 0.05) is 31.9 Å². The minimum Gasteiger partial charge on any atom is -0.351 e. The molecule has 2 N–H and O–H groups in total. The molecular formula is C24H30N4O4S. The second kappa shape index (κ2) is 10.4. The van der Waals surface area contributed by atoms with Crippen molar-refractivity contribution in [2.24, 2.45) is 0 Å². The Hall–Kier alpha value is -2.91.